The molecule has 0 atom stereocenters. The SMILES string of the molecule is CC1=C(C(=O)Nc2cccc([N+](=O)[O-])c2)C(c2cccc(Br)c2)C(C(=O)Nc2cccc([N+](=O)[O-])c2)=C(C)N1. The van der Waals surface area contributed by atoms with Crippen LogP contribution in [0.3, 0.4) is 0 Å². The van der Waals surface area contributed by atoms with Crippen molar-refractivity contribution < 1.29 is 19.4 Å². The maximum Gasteiger partial charge on any atom is 0.271 e. The van der Waals surface area contributed by atoms with Gasteiger partial charge in [0.05, 0.1) is 9.85 Å². The molecule has 2 amide bonds. The summed E-state index contributed by atoms with van der Waals surface area (Å²) in [6, 6.07) is 18.3. The van der Waals surface area contributed by atoms with Crippen molar-refractivity contribution in [2.24, 2.45) is 0 Å². The molecule has 3 aromatic carbocycles. The fourth-order valence-corrected chi connectivity index (χ4v) is 4.82. The predicted molar refractivity (Wildman–Crippen MR) is 149 cm³/mol. The summed E-state index contributed by atoms with van der Waals surface area (Å²) in [5.41, 5.74) is 2.15. The standard InChI is InChI=1S/C27H22BrN5O6/c1-15-23(26(34)30-19-8-4-10-21(13-19)32(36)37)25(17-6-3-7-18(28)12-17)24(16(2)29-15)27(35)31-20-9-5-11-22(14-20)33(38)39/h3-14,25,29H,1-2H3,(H,30,34)(H,31,35). The molecule has 0 bridgehead atoms. The highest BCUT2D eigenvalue weighted by Crippen LogP contribution is 2.40. The van der Waals surface area contributed by atoms with E-state index in [1.165, 1.54) is 48.5 Å². The van der Waals surface area contributed by atoms with E-state index < -0.39 is 27.6 Å². The van der Waals surface area contributed by atoms with Crippen molar-refractivity contribution in [1.29, 1.82) is 0 Å². The molecule has 0 saturated heterocycles. The first-order valence-electron chi connectivity index (χ1n) is 11.6. The number of nitro benzene ring substituents is 2. The van der Waals surface area contributed by atoms with E-state index in [1.807, 2.05) is 6.07 Å². The van der Waals surface area contributed by atoms with Gasteiger partial charge < -0.3 is 16.0 Å². The van der Waals surface area contributed by atoms with Crippen LogP contribution >= 0.6 is 15.9 Å². The molecule has 12 heteroatoms. The van der Waals surface area contributed by atoms with Crippen molar-refractivity contribution in [3.63, 3.8) is 0 Å². The van der Waals surface area contributed by atoms with E-state index in [2.05, 4.69) is 31.9 Å². The predicted octanol–water partition coefficient (Wildman–Crippen LogP) is 5.78. The molecule has 0 fully saturated rings. The Morgan fingerprint density at radius 3 is 1.67 bits per heavy atom. The summed E-state index contributed by atoms with van der Waals surface area (Å²) in [7, 11) is 0. The summed E-state index contributed by atoms with van der Waals surface area (Å²) in [6.45, 7) is 3.40. The number of anilines is 2. The number of benzene rings is 3. The second-order valence-corrected chi connectivity index (χ2v) is 9.63. The van der Waals surface area contributed by atoms with Crippen molar-refractivity contribution in [2.75, 3.05) is 10.6 Å². The monoisotopic (exact) mass is 591 g/mol. The molecule has 0 unspecified atom stereocenters. The third kappa shape index (κ3) is 6.02. The zero-order valence-corrected chi connectivity index (χ0v) is 22.3. The van der Waals surface area contributed by atoms with Gasteiger partial charge >= 0.3 is 0 Å². The molecular weight excluding hydrogens is 570 g/mol. The van der Waals surface area contributed by atoms with Gasteiger partial charge in [-0.15, -0.1) is 0 Å². The minimum atomic E-state index is -0.832. The second-order valence-electron chi connectivity index (χ2n) is 8.71. The first-order valence-corrected chi connectivity index (χ1v) is 12.4. The number of carbonyl (C=O) groups is 2. The number of allylic oxidation sites excluding steroid dienone is 2. The lowest BCUT2D eigenvalue weighted by molar-refractivity contribution is -0.385. The number of carbonyl (C=O) groups excluding carboxylic acids is 2. The highest BCUT2D eigenvalue weighted by Gasteiger charge is 2.36. The Labute approximate surface area is 231 Å². The van der Waals surface area contributed by atoms with Crippen molar-refractivity contribution in [2.45, 2.75) is 19.8 Å². The Kier molecular flexibility index (Phi) is 7.86. The van der Waals surface area contributed by atoms with Gasteiger partial charge in [-0.1, -0.05) is 40.2 Å². The van der Waals surface area contributed by atoms with E-state index in [0.29, 0.717) is 17.0 Å². The average molecular weight is 592 g/mol. The van der Waals surface area contributed by atoms with Crippen LogP contribution in [0.2, 0.25) is 0 Å². The smallest absolute Gasteiger partial charge is 0.271 e. The second kappa shape index (κ2) is 11.3. The molecule has 4 rings (SSSR count). The molecule has 3 aromatic rings. The zero-order valence-electron chi connectivity index (χ0n) is 20.7. The number of nitro groups is 2. The number of halogens is 1. The zero-order chi connectivity index (χ0) is 28.3. The Morgan fingerprint density at radius 1 is 0.769 bits per heavy atom. The van der Waals surface area contributed by atoms with Crippen LogP contribution in [-0.2, 0) is 9.59 Å². The first-order chi connectivity index (χ1) is 18.5. The van der Waals surface area contributed by atoms with Crippen LogP contribution in [0.15, 0.2) is 99.8 Å². The Balaban J connectivity index is 1.75. The van der Waals surface area contributed by atoms with Crippen LogP contribution < -0.4 is 16.0 Å². The van der Waals surface area contributed by atoms with E-state index in [9.17, 15) is 29.8 Å². The number of hydrogen-bond acceptors (Lipinski definition) is 7. The third-order valence-electron chi connectivity index (χ3n) is 6.06. The molecule has 39 heavy (non-hydrogen) atoms. The normalized spacial score (nSPS) is 13.5. The lowest BCUT2D eigenvalue weighted by atomic mass is 9.79. The van der Waals surface area contributed by atoms with Gasteiger partial charge in [-0.3, -0.25) is 29.8 Å². The van der Waals surface area contributed by atoms with Crippen LogP contribution in [0.25, 0.3) is 0 Å². The highest BCUT2D eigenvalue weighted by molar-refractivity contribution is 9.10. The van der Waals surface area contributed by atoms with Crippen LogP contribution in [0.4, 0.5) is 22.7 Å². The van der Waals surface area contributed by atoms with E-state index in [-0.39, 0.29) is 33.9 Å². The molecule has 0 saturated carbocycles. The molecule has 0 radical (unpaired) electrons. The van der Waals surface area contributed by atoms with Crippen molar-refractivity contribution in [3.8, 4) is 0 Å². The molecule has 3 N–H and O–H groups in total. The van der Waals surface area contributed by atoms with Crippen LogP contribution in [0, 0.1) is 20.2 Å². The number of dihydropyridines is 1. The summed E-state index contributed by atoms with van der Waals surface area (Å²) in [6.07, 6.45) is 0. The number of non-ortho nitro benzene ring substituents is 2. The quantitative estimate of drug-likeness (QED) is 0.232. The van der Waals surface area contributed by atoms with Crippen LogP contribution in [0.1, 0.15) is 25.3 Å². The fourth-order valence-electron chi connectivity index (χ4n) is 4.41. The van der Waals surface area contributed by atoms with Crippen LogP contribution in [-0.4, -0.2) is 21.7 Å². The number of amides is 2. The molecule has 198 valence electrons. The number of hydrogen-bond donors (Lipinski definition) is 3. The molecule has 1 aliphatic heterocycles. The first kappa shape index (κ1) is 27.2. The van der Waals surface area contributed by atoms with Crippen LogP contribution in [0.5, 0.6) is 0 Å². The molecule has 1 aliphatic rings. The lowest BCUT2D eigenvalue weighted by Gasteiger charge is -2.31. The number of nitrogens with zero attached hydrogens (tertiary/aromatic N) is 2. The van der Waals surface area contributed by atoms with E-state index in [1.54, 1.807) is 32.0 Å². The van der Waals surface area contributed by atoms with Gasteiger partial charge in [0, 0.05) is 68.6 Å². The molecule has 0 spiro atoms. The van der Waals surface area contributed by atoms with Gasteiger partial charge in [-0.05, 0) is 43.7 Å². The lowest BCUT2D eigenvalue weighted by Crippen LogP contribution is -2.35. The minimum Gasteiger partial charge on any atom is -0.362 e. The summed E-state index contributed by atoms with van der Waals surface area (Å²) < 4.78 is 0.728. The minimum absolute atomic E-state index is 0.184. The Bertz CT molecular complexity index is 1490. The van der Waals surface area contributed by atoms with E-state index in [4.69, 9.17) is 0 Å². The highest BCUT2D eigenvalue weighted by atomic mass is 79.9. The summed E-state index contributed by atoms with van der Waals surface area (Å²) in [5.74, 6) is -1.95. The van der Waals surface area contributed by atoms with Gasteiger partial charge in [0.15, 0.2) is 0 Å². The Hall–Kier alpha value is -4.84. The average Bonchev–Trinajstić information content (AvgIpc) is 2.88. The maximum atomic E-state index is 13.7. The summed E-state index contributed by atoms with van der Waals surface area (Å²) in [4.78, 5) is 48.6. The summed E-state index contributed by atoms with van der Waals surface area (Å²) in [5, 5.41) is 30.9. The fraction of sp³-hybridized carbons (Fsp3) is 0.111. The van der Waals surface area contributed by atoms with Gasteiger partial charge in [0.1, 0.15) is 0 Å². The van der Waals surface area contributed by atoms with Gasteiger partial charge in [-0.25, -0.2) is 0 Å². The van der Waals surface area contributed by atoms with Gasteiger partial charge in [0.25, 0.3) is 23.2 Å². The molecule has 0 aromatic heterocycles. The maximum absolute atomic E-state index is 13.7. The van der Waals surface area contributed by atoms with Crippen molar-refractivity contribution >= 4 is 50.5 Å². The number of nitrogens with one attached hydrogen (secondary N) is 3. The molecule has 0 aliphatic carbocycles. The topological polar surface area (TPSA) is 157 Å². The van der Waals surface area contributed by atoms with E-state index in [0.717, 1.165) is 4.47 Å². The molecular formula is C27H22BrN5O6. The van der Waals surface area contributed by atoms with Crippen molar-refractivity contribution in [1.82, 2.24) is 5.32 Å². The largest absolute Gasteiger partial charge is 0.362 e. The number of rotatable bonds is 7. The van der Waals surface area contributed by atoms with Gasteiger partial charge in [-0.2, -0.15) is 0 Å². The Morgan fingerprint density at radius 2 is 1.23 bits per heavy atom. The summed E-state index contributed by atoms with van der Waals surface area (Å²) >= 11 is 3.45. The molecule has 11 nitrogen and oxygen atoms in total. The van der Waals surface area contributed by atoms with Crippen molar-refractivity contribution in [3.05, 3.63) is 126 Å². The van der Waals surface area contributed by atoms with E-state index >= 15 is 0 Å². The molecule has 1 heterocycles. The third-order valence-corrected chi connectivity index (χ3v) is 6.55. The van der Waals surface area contributed by atoms with Gasteiger partial charge in [0.2, 0.25) is 0 Å².